The number of ketones is 1. The molecule has 2 aromatic carbocycles. The number of allylic oxidation sites excluding steroid dienone is 1. The predicted octanol–water partition coefficient (Wildman–Crippen LogP) is 9.38. The Hall–Kier alpha value is -2.00. The summed E-state index contributed by atoms with van der Waals surface area (Å²) in [6.07, 6.45) is 17.9. The van der Waals surface area contributed by atoms with Crippen molar-refractivity contribution in [3.05, 3.63) is 65.7 Å². The lowest BCUT2D eigenvalue weighted by Gasteiger charge is -2.09. The third-order valence-electron chi connectivity index (χ3n) is 5.70. The van der Waals surface area contributed by atoms with Crippen LogP contribution in [0.4, 0.5) is 0 Å². The number of ether oxygens (including phenoxy) is 1. The van der Waals surface area contributed by atoms with E-state index in [9.17, 15) is 4.79 Å². The molecule has 180 valence electrons. The Morgan fingerprint density at radius 1 is 0.788 bits per heavy atom. The molecule has 0 heterocycles. The molecule has 0 atom stereocenters. The highest BCUT2D eigenvalue weighted by molar-refractivity contribution is 7.99. The smallest absolute Gasteiger partial charge is 0.185 e. The fraction of sp³-hybridized carbons (Fsp3) is 0.500. The van der Waals surface area contributed by atoms with Gasteiger partial charge in [-0.05, 0) is 61.1 Å². The minimum absolute atomic E-state index is 0.0199. The number of para-hydroxylation sites is 1. The van der Waals surface area contributed by atoms with Crippen LogP contribution in [0.2, 0.25) is 0 Å². The first-order valence-corrected chi connectivity index (χ1v) is 13.9. The zero-order valence-electron chi connectivity index (χ0n) is 20.7. The van der Waals surface area contributed by atoms with Crippen LogP contribution in [-0.2, 0) is 0 Å². The molecule has 0 unspecified atom stereocenters. The van der Waals surface area contributed by atoms with E-state index in [-0.39, 0.29) is 5.78 Å². The summed E-state index contributed by atoms with van der Waals surface area (Å²) in [5.41, 5.74) is 1.67. The molecule has 2 nitrogen and oxygen atoms in total. The maximum Gasteiger partial charge on any atom is 0.185 e. The van der Waals surface area contributed by atoms with E-state index in [1.165, 1.54) is 62.7 Å². The summed E-state index contributed by atoms with van der Waals surface area (Å²) in [7, 11) is 0. The van der Waals surface area contributed by atoms with Crippen LogP contribution in [-0.4, -0.2) is 18.1 Å². The molecule has 0 aliphatic heterocycles. The zero-order valence-corrected chi connectivity index (χ0v) is 21.5. The molecule has 0 N–H and O–H groups in total. The van der Waals surface area contributed by atoms with Crippen LogP contribution >= 0.6 is 11.8 Å². The first kappa shape index (κ1) is 27.2. The highest BCUT2D eigenvalue weighted by atomic mass is 32.2. The summed E-state index contributed by atoms with van der Waals surface area (Å²) in [5.74, 6) is 1.97. The van der Waals surface area contributed by atoms with Crippen molar-refractivity contribution < 1.29 is 9.53 Å². The summed E-state index contributed by atoms with van der Waals surface area (Å²) in [6, 6.07) is 15.9. The van der Waals surface area contributed by atoms with Crippen LogP contribution < -0.4 is 4.74 Å². The molecule has 0 aliphatic carbocycles. The van der Waals surface area contributed by atoms with Gasteiger partial charge in [0.25, 0.3) is 0 Å². The Morgan fingerprint density at radius 3 is 2.09 bits per heavy atom. The topological polar surface area (TPSA) is 26.3 Å². The van der Waals surface area contributed by atoms with E-state index in [0.29, 0.717) is 0 Å². The molecule has 0 aliphatic rings. The van der Waals surface area contributed by atoms with Crippen molar-refractivity contribution >= 4 is 23.6 Å². The molecule has 0 radical (unpaired) electrons. The maximum absolute atomic E-state index is 12.6. The van der Waals surface area contributed by atoms with Crippen molar-refractivity contribution in [3.8, 4) is 5.75 Å². The van der Waals surface area contributed by atoms with Crippen LogP contribution in [0.25, 0.3) is 6.08 Å². The second-order valence-electron chi connectivity index (χ2n) is 8.64. The van der Waals surface area contributed by atoms with Gasteiger partial charge >= 0.3 is 0 Å². The third-order valence-corrected chi connectivity index (χ3v) is 6.92. The average Bonchev–Trinajstić information content (AvgIpc) is 2.85. The van der Waals surface area contributed by atoms with Crippen molar-refractivity contribution in [3.63, 3.8) is 0 Å². The molecular weight excluding hydrogens is 424 g/mol. The van der Waals surface area contributed by atoms with E-state index in [1.807, 2.05) is 66.4 Å². The first-order valence-electron chi connectivity index (χ1n) is 12.9. The van der Waals surface area contributed by atoms with Gasteiger partial charge in [-0.3, -0.25) is 4.79 Å². The summed E-state index contributed by atoms with van der Waals surface area (Å²) in [5, 5.41) is 0. The van der Waals surface area contributed by atoms with E-state index in [2.05, 4.69) is 13.8 Å². The molecule has 3 heteroatoms. The van der Waals surface area contributed by atoms with Crippen LogP contribution in [0.5, 0.6) is 5.75 Å². The Morgan fingerprint density at radius 2 is 1.42 bits per heavy atom. The third kappa shape index (κ3) is 11.6. The maximum atomic E-state index is 12.6. The van der Waals surface area contributed by atoms with Gasteiger partial charge in [0.05, 0.1) is 6.61 Å². The minimum atomic E-state index is 0.0199. The van der Waals surface area contributed by atoms with Gasteiger partial charge in [-0.15, -0.1) is 11.8 Å². The fourth-order valence-electron chi connectivity index (χ4n) is 3.72. The molecule has 2 aromatic rings. The highest BCUT2D eigenvalue weighted by Crippen LogP contribution is 2.22. The number of carbonyl (C=O) groups excluding carboxylic acids is 1. The number of thioether (sulfide) groups is 1. The van der Waals surface area contributed by atoms with E-state index in [4.69, 9.17) is 4.74 Å². The van der Waals surface area contributed by atoms with Gasteiger partial charge in [-0.1, -0.05) is 89.8 Å². The Bertz CT molecular complexity index is 810. The first-order chi connectivity index (χ1) is 16.2. The van der Waals surface area contributed by atoms with Gasteiger partial charge < -0.3 is 4.74 Å². The van der Waals surface area contributed by atoms with Gasteiger partial charge in [0.2, 0.25) is 0 Å². The van der Waals surface area contributed by atoms with E-state index >= 15 is 0 Å². The van der Waals surface area contributed by atoms with Crippen molar-refractivity contribution in [2.75, 3.05) is 12.4 Å². The molecule has 0 fully saturated rings. The minimum Gasteiger partial charge on any atom is -0.493 e. The Labute approximate surface area is 206 Å². The van der Waals surface area contributed by atoms with Crippen LogP contribution in [0.15, 0.2) is 59.5 Å². The number of benzene rings is 2. The molecule has 0 bridgehead atoms. The normalized spacial score (nSPS) is 11.2. The standard InChI is InChI=1S/C30H42O2S/c1-3-5-6-7-8-9-10-11-12-15-24-32-30-17-14-13-16-27(30)20-23-29(31)26-18-21-28(22-19-26)33-25-4-2/h13-14,16-23H,3-12,15,24-25H2,1-2H3/b23-20+. The molecule has 0 saturated carbocycles. The van der Waals surface area contributed by atoms with Gasteiger partial charge in [-0.25, -0.2) is 0 Å². The highest BCUT2D eigenvalue weighted by Gasteiger charge is 2.04. The fourth-order valence-corrected chi connectivity index (χ4v) is 4.49. The Kier molecular flexibility index (Phi) is 14.4. The number of hydrogen-bond donors (Lipinski definition) is 0. The van der Waals surface area contributed by atoms with Gasteiger partial charge in [0.1, 0.15) is 5.75 Å². The van der Waals surface area contributed by atoms with E-state index in [1.54, 1.807) is 6.08 Å². The van der Waals surface area contributed by atoms with Gasteiger partial charge in [0.15, 0.2) is 5.78 Å². The van der Waals surface area contributed by atoms with Crippen molar-refractivity contribution in [1.82, 2.24) is 0 Å². The number of rotatable bonds is 18. The summed E-state index contributed by atoms with van der Waals surface area (Å²) < 4.78 is 6.04. The lowest BCUT2D eigenvalue weighted by molar-refractivity contribution is 0.104. The number of carbonyl (C=O) groups is 1. The predicted molar refractivity (Wildman–Crippen MR) is 145 cm³/mol. The lowest BCUT2D eigenvalue weighted by Crippen LogP contribution is -1.99. The lowest BCUT2D eigenvalue weighted by atomic mass is 10.1. The molecule has 0 amide bonds. The van der Waals surface area contributed by atoms with E-state index < -0.39 is 0 Å². The molecule has 33 heavy (non-hydrogen) atoms. The average molecular weight is 467 g/mol. The van der Waals surface area contributed by atoms with Crippen LogP contribution in [0.1, 0.15) is 100 Å². The molecule has 0 saturated heterocycles. The molecule has 0 spiro atoms. The SMILES string of the molecule is CCCCCCCCCCCCOc1ccccc1/C=C/C(=O)c1ccc(SCCC)cc1. The van der Waals surface area contributed by atoms with Crippen LogP contribution in [0.3, 0.4) is 0 Å². The van der Waals surface area contributed by atoms with Crippen LogP contribution in [0, 0.1) is 0 Å². The van der Waals surface area contributed by atoms with Crippen molar-refractivity contribution in [2.45, 2.75) is 89.4 Å². The monoisotopic (exact) mass is 466 g/mol. The van der Waals surface area contributed by atoms with Crippen molar-refractivity contribution in [2.24, 2.45) is 0 Å². The second kappa shape index (κ2) is 17.5. The largest absolute Gasteiger partial charge is 0.493 e. The summed E-state index contributed by atoms with van der Waals surface area (Å²) in [4.78, 5) is 13.8. The molecule has 0 aromatic heterocycles. The zero-order chi connectivity index (χ0) is 23.6. The summed E-state index contributed by atoms with van der Waals surface area (Å²) >= 11 is 1.83. The molecule has 2 rings (SSSR count). The second-order valence-corrected chi connectivity index (χ2v) is 9.81. The van der Waals surface area contributed by atoms with Crippen molar-refractivity contribution in [1.29, 1.82) is 0 Å². The van der Waals surface area contributed by atoms with E-state index in [0.717, 1.165) is 42.1 Å². The Balaban J connectivity index is 1.71. The van der Waals surface area contributed by atoms with Gasteiger partial charge in [0, 0.05) is 16.0 Å². The number of unbranched alkanes of at least 4 members (excludes halogenated alkanes) is 9. The van der Waals surface area contributed by atoms with Gasteiger partial charge in [-0.2, -0.15) is 0 Å². The number of hydrogen-bond acceptors (Lipinski definition) is 3. The molecular formula is C30H42O2S. The quantitative estimate of drug-likeness (QED) is 0.0947. The summed E-state index contributed by atoms with van der Waals surface area (Å²) in [6.45, 7) is 5.17.